The number of hydrogen-bond acceptors (Lipinski definition) is 4. The smallest absolute Gasteiger partial charge is 0.291 e. The lowest BCUT2D eigenvalue weighted by Gasteiger charge is -2.17. The summed E-state index contributed by atoms with van der Waals surface area (Å²) in [7, 11) is 1.55. The van der Waals surface area contributed by atoms with Gasteiger partial charge in [-0.15, -0.1) is 0 Å². The molecule has 0 bridgehead atoms. The predicted molar refractivity (Wildman–Crippen MR) is 98.7 cm³/mol. The number of aromatic nitrogens is 2. The number of carbonyl (C=O) groups is 2. The van der Waals surface area contributed by atoms with E-state index in [4.69, 9.17) is 4.74 Å². The van der Waals surface area contributed by atoms with Crippen molar-refractivity contribution in [2.45, 2.75) is 39.2 Å². The fraction of sp³-hybridized carbons (Fsp3) is 0.421. The lowest BCUT2D eigenvalue weighted by Crippen LogP contribution is -2.26. The van der Waals surface area contributed by atoms with E-state index in [9.17, 15) is 9.59 Å². The van der Waals surface area contributed by atoms with E-state index < -0.39 is 0 Å². The Balaban J connectivity index is 1.90. The highest BCUT2D eigenvalue weighted by Crippen LogP contribution is 2.25. The minimum Gasteiger partial charge on any atom is -0.495 e. The maximum absolute atomic E-state index is 12.8. The first-order valence-electron chi connectivity index (χ1n) is 8.97. The molecule has 2 heterocycles. The summed E-state index contributed by atoms with van der Waals surface area (Å²) in [5, 5.41) is 5.70. The second kappa shape index (κ2) is 8.03. The summed E-state index contributed by atoms with van der Waals surface area (Å²) in [4.78, 5) is 29.6. The van der Waals surface area contributed by atoms with Gasteiger partial charge < -0.3 is 19.9 Å². The van der Waals surface area contributed by atoms with Gasteiger partial charge in [-0.3, -0.25) is 9.59 Å². The molecule has 1 aromatic carbocycles. The Morgan fingerprint density at radius 1 is 1.23 bits per heavy atom. The van der Waals surface area contributed by atoms with Crippen LogP contribution < -0.4 is 15.4 Å². The summed E-state index contributed by atoms with van der Waals surface area (Å²) in [6.45, 7) is 3.28. The molecule has 0 atom stereocenters. The Morgan fingerprint density at radius 2 is 2.04 bits per heavy atom. The second-order valence-corrected chi connectivity index (χ2v) is 6.25. The van der Waals surface area contributed by atoms with Crippen LogP contribution in [0.3, 0.4) is 0 Å². The molecular formula is C19H24N4O3. The molecule has 0 saturated heterocycles. The monoisotopic (exact) mass is 356 g/mol. The number of nitrogens with zero attached hydrogens (tertiary/aromatic N) is 2. The minimum atomic E-state index is -0.341. The van der Waals surface area contributed by atoms with Crippen LogP contribution in [-0.4, -0.2) is 35.0 Å². The third-order valence-corrected chi connectivity index (χ3v) is 4.43. The number of imidazole rings is 1. The largest absolute Gasteiger partial charge is 0.495 e. The van der Waals surface area contributed by atoms with Crippen LogP contribution in [0.4, 0.5) is 5.69 Å². The number of nitrogens with one attached hydrogen (secondary N) is 2. The van der Waals surface area contributed by atoms with E-state index >= 15 is 0 Å². The van der Waals surface area contributed by atoms with Crippen molar-refractivity contribution < 1.29 is 14.3 Å². The minimum absolute atomic E-state index is 0.214. The quantitative estimate of drug-likeness (QED) is 0.833. The van der Waals surface area contributed by atoms with Crippen molar-refractivity contribution in [2.24, 2.45) is 0 Å². The Labute approximate surface area is 152 Å². The van der Waals surface area contributed by atoms with E-state index in [1.807, 2.05) is 23.6 Å². The molecule has 7 heteroatoms. The summed E-state index contributed by atoms with van der Waals surface area (Å²) in [6.07, 6.45) is 3.56. The van der Waals surface area contributed by atoms with Crippen LogP contribution in [0.1, 0.15) is 53.0 Å². The molecule has 2 N–H and O–H groups in total. The molecule has 0 radical (unpaired) electrons. The zero-order chi connectivity index (χ0) is 18.5. The average Bonchev–Trinajstić information content (AvgIpc) is 3.06. The molecule has 0 unspecified atom stereocenters. The van der Waals surface area contributed by atoms with Gasteiger partial charge >= 0.3 is 0 Å². The highest BCUT2D eigenvalue weighted by atomic mass is 16.5. The van der Waals surface area contributed by atoms with Gasteiger partial charge in [-0.1, -0.05) is 19.1 Å². The molecule has 2 aromatic rings. The molecule has 0 fully saturated rings. The van der Waals surface area contributed by atoms with Crippen molar-refractivity contribution in [3.63, 3.8) is 0 Å². The van der Waals surface area contributed by atoms with Gasteiger partial charge in [0.05, 0.1) is 18.5 Å². The molecule has 1 aliphatic heterocycles. The Bertz CT molecular complexity index is 813. The predicted octanol–water partition coefficient (Wildman–Crippen LogP) is 2.62. The summed E-state index contributed by atoms with van der Waals surface area (Å²) in [5.74, 6) is 0.292. The van der Waals surface area contributed by atoms with Crippen molar-refractivity contribution in [2.75, 3.05) is 19.0 Å². The van der Waals surface area contributed by atoms with E-state index in [0.717, 1.165) is 31.4 Å². The third-order valence-electron chi connectivity index (χ3n) is 4.43. The van der Waals surface area contributed by atoms with E-state index in [0.29, 0.717) is 30.2 Å². The van der Waals surface area contributed by atoms with Crippen LogP contribution in [0.25, 0.3) is 0 Å². The lowest BCUT2D eigenvalue weighted by molar-refractivity contribution is 0.0947. The van der Waals surface area contributed by atoms with Gasteiger partial charge in [-0.05, 0) is 37.8 Å². The van der Waals surface area contributed by atoms with Gasteiger partial charge in [0.25, 0.3) is 11.8 Å². The molecule has 138 valence electrons. The number of carbonyl (C=O) groups excluding carboxylic acids is 2. The van der Waals surface area contributed by atoms with Crippen molar-refractivity contribution in [3.05, 3.63) is 41.5 Å². The van der Waals surface area contributed by atoms with Crippen LogP contribution in [0.15, 0.2) is 24.3 Å². The van der Waals surface area contributed by atoms with Crippen molar-refractivity contribution in [1.82, 2.24) is 14.9 Å². The van der Waals surface area contributed by atoms with Crippen LogP contribution in [0.5, 0.6) is 5.75 Å². The summed E-state index contributed by atoms with van der Waals surface area (Å²) in [5.41, 5.74) is 1.78. The van der Waals surface area contributed by atoms with Crippen molar-refractivity contribution >= 4 is 17.5 Å². The third kappa shape index (κ3) is 3.56. The molecule has 0 spiro atoms. The molecule has 7 nitrogen and oxygen atoms in total. The maximum Gasteiger partial charge on any atom is 0.291 e. The standard InChI is InChI=1S/C19H24N4O3/c1-3-11-20-18(24)16-14-9-6-7-12-23(14)17(22-16)19(25)21-13-8-4-5-10-15(13)26-2/h4-5,8,10H,3,6-7,9,11-12H2,1-2H3,(H,20,24)(H,21,25). The average molecular weight is 356 g/mol. The van der Waals surface area contributed by atoms with E-state index in [2.05, 4.69) is 15.6 Å². The molecule has 2 amide bonds. The van der Waals surface area contributed by atoms with E-state index in [-0.39, 0.29) is 17.6 Å². The topological polar surface area (TPSA) is 85.2 Å². The molecular weight excluding hydrogens is 332 g/mol. The van der Waals surface area contributed by atoms with Gasteiger partial charge in [-0.2, -0.15) is 0 Å². The molecule has 1 aromatic heterocycles. The van der Waals surface area contributed by atoms with Crippen LogP contribution >= 0.6 is 0 Å². The van der Waals surface area contributed by atoms with Gasteiger partial charge in [0.1, 0.15) is 11.4 Å². The van der Waals surface area contributed by atoms with Crippen molar-refractivity contribution in [1.29, 1.82) is 0 Å². The lowest BCUT2D eigenvalue weighted by atomic mass is 10.1. The number of fused-ring (bicyclic) bond motifs is 1. The first-order chi connectivity index (χ1) is 12.7. The normalized spacial score (nSPS) is 13.0. The van der Waals surface area contributed by atoms with Crippen LogP contribution in [0.2, 0.25) is 0 Å². The van der Waals surface area contributed by atoms with Crippen LogP contribution in [-0.2, 0) is 13.0 Å². The van der Waals surface area contributed by atoms with E-state index in [1.54, 1.807) is 19.2 Å². The number of rotatable bonds is 6. The second-order valence-electron chi connectivity index (χ2n) is 6.25. The Kier molecular flexibility index (Phi) is 5.55. The Morgan fingerprint density at radius 3 is 2.81 bits per heavy atom. The van der Waals surface area contributed by atoms with Gasteiger partial charge in [-0.25, -0.2) is 4.98 Å². The van der Waals surface area contributed by atoms with Crippen molar-refractivity contribution in [3.8, 4) is 5.75 Å². The molecule has 3 rings (SSSR count). The summed E-state index contributed by atoms with van der Waals surface area (Å²) in [6, 6.07) is 7.21. The van der Waals surface area contributed by atoms with E-state index in [1.165, 1.54) is 0 Å². The number of hydrogen-bond donors (Lipinski definition) is 2. The first-order valence-corrected chi connectivity index (χ1v) is 8.97. The number of methoxy groups -OCH3 is 1. The first kappa shape index (κ1) is 18.0. The fourth-order valence-electron chi connectivity index (χ4n) is 3.15. The number of para-hydroxylation sites is 2. The van der Waals surface area contributed by atoms with Gasteiger partial charge in [0.2, 0.25) is 0 Å². The van der Waals surface area contributed by atoms with Gasteiger partial charge in [0, 0.05) is 13.1 Å². The number of benzene rings is 1. The number of amides is 2. The zero-order valence-electron chi connectivity index (χ0n) is 15.2. The summed E-state index contributed by atoms with van der Waals surface area (Å²) >= 11 is 0. The highest BCUT2D eigenvalue weighted by Gasteiger charge is 2.27. The Hall–Kier alpha value is -2.83. The number of anilines is 1. The molecule has 26 heavy (non-hydrogen) atoms. The summed E-state index contributed by atoms with van der Waals surface area (Å²) < 4.78 is 7.15. The molecule has 1 aliphatic rings. The number of ether oxygens (including phenoxy) is 1. The molecule has 0 aliphatic carbocycles. The zero-order valence-corrected chi connectivity index (χ0v) is 15.2. The highest BCUT2D eigenvalue weighted by molar-refractivity contribution is 6.04. The van der Waals surface area contributed by atoms with Gasteiger partial charge in [0.15, 0.2) is 5.82 Å². The van der Waals surface area contributed by atoms with Crippen LogP contribution in [0, 0.1) is 0 Å². The molecule has 0 saturated carbocycles. The SMILES string of the molecule is CCCNC(=O)c1nc(C(=O)Nc2ccccc2OC)n2c1CCCC2. The fourth-order valence-corrected chi connectivity index (χ4v) is 3.15. The maximum atomic E-state index is 12.8.